The molecule has 0 saturated heterocycles. The van der Waals surface area contributed by atoms with E-state index in [1.807, 2.05) is 0 Å². The number of hydrogen-bond donors (Lipinski definition) is 0. The summed E-state index contributed by atoms with van der Waals surface area (Å²) in [5, 5.41) is 0. The maximum atomic E-state index is 5.30. The lowest BCUT2D eigenvalue weighted by Crippen LogP contribution is -2.11. The Morgan fingerprint density at radius 3 is 0.804 bits per heavy atom. The van der Waals surface area contributed by atoms with Gasteiger partial charge in [0.2, 0.25) is 0 Å². The molecule has 8 aromatic rings. The van der Waals surface area contributed by atoms with Crippen molar-refractivity contribution in [2.45, 2.75) is 39.8 Å². The molecule has 2 aromatic heterocycles. The smallest absolute Gasteiger partial charge is 0.176 e. The molecule has 0 fully saturated rings. The predicted molar refractivity (Wildman–Crippen MR) is 233 cm³/mol. The first-order valence-electron chi connectivity index (χ1n) is 19.7. The van der Waals surface area contributed by atoms with E-state index in [0.29, 0.717) is 0 Å². The molecule has 8 rings (SSSR count). The zero-order valence-corrected chi connectivity index (χ0v) is 32.1. The standard InChI is InChI=1S/C52H46N4/c1-3-35-55-45(49(43-31-19-9-20-32-43)47(39-23-11-5-12-24-39)40-25-13-6-14-26-40)37-53-51(55)52-54-38-46(56(52)36-4-2)50(44-33-21-10-22-34-44)48(41-27-15-7-16-28-41)42-29-17-8-18-30-42/h5-34,37-38H,3-4,35-36H2,1-2H3. The molecule has 2 heterocycles. The summed E-state index contributed by atoms with van der Waals surface area (Å²) in [5.41, 5.74) is 13.7. The van der Waals surface area contributed by atoms with Gasteiger partial charge in [-0.1, -0.05) is 196 Å². The minimum atomic E-state index is 0.785. The Morgan fingerprint density at radius 2 is 0.571 bits per heavy atom. The highest BCUT2D eigenvalue weighted by Gasteiger charge is 2.26. The lowest BCUT2D eigenvalue weighted by molar-refractivity contribution is 0.648. The SMILES string of the molecule is CCCn1c(C(=C(c2ccccc2)c2ccccc2)c2ccccc2)cnc1-c1ncc(C(=C(c2ccccc2)c2ccccc2)c2ccccc2)n1CCC. The summed E-state index contributed by atoms with van der Waals surface area (Å²) >= 11 is 0. The fourth-order valence-corrected chi connectivity index (χ4v) is 7.79. The zero-order chi connectivity index (χ0) is 38.1. The monoisotopic (exact) mass is 726 g/mol. The number of hydrogen-bond acceptors (Lipinski definition) is 2. The predicted octanol–water partition coefficient (Wildman–Crippen LogP) is 12.6. The van der Waals surface area contributed by atoms with Crippen molar-refractivity contribution in [1.29, 1.82) is 0 Å². The zero-order valence-electron chi connectivity index (χ0n) is 32.1. The fraction of sp³-hybridized carbons (Fsp3) is 0.115. The van der Waals surface area contributed by atoms with Crippen LogP contribution in [-0.4, -0.2) is 19.1 Å². The normalized spacial score (nSPS) is 11.0. The van der Waals surface area contributed by atoms with Gasteiger partial charge in [0.05, 0.1) is 23.8 Å². The number of nitrogens with zero attached hydrogens (tertiary/aromatic N) is 4. The molecule has 0 aliphatic heterocycles. The van der Waals surface area contributed by atoms with Crippen LogP contribution in [0.4, 0.5) is 0 Å². The molecule has 0 saturated carbocycles. The lowest BCUT2D eigenvalue weighted by Gasteiger charge is -2.21. The van der Waals surface area contributed by atoms with Gasteiger partial charge in [0.15, 0.2) is 11.6 Å². The van der Waals surface area contributed by atoms with Crippen LogP contribution in [0.2, 0.25) is 0 Å². The molecular formula is C52H46N4. The molecular weight excluding hydrogens is 681 g/mol. The van der Waals surface area contributed by atoms with Crippen LogP contribution in [0.15, 0.2) is 194 Å². The summed E-state index contributed by atoms with van der Waals surface area (Å²) in [7, 11) is 0. The van der Waals surface area contributed by atoms with E-state index in [-0.39, 0.29) is 0 Å². The Kier molecular flexibility index (Phi) is 11.1. The molecule has 56 heavy (non-hydrogen) atoms. The molecule has 0 atom stereocenters. The summed E-state index contributed by atoms with van der Waals surface area (Å²) in [4.78, 5) is 10.6. The molecule has 4 heteroatoms. The third-order valence-electron chi connectivity index (χ3n) is 10.2. The second-order valence-corrected chi connectivity index (χ2v) is 13.9. The molecule has 0 spiro atoms. The van der Waals surface area contributed by atoms with E-state index >= 15 is 0 Å². The highest BCUT2D eigenvalue weighted by molar-refractivity contribution is 6.05. The van der Waals surface area contributed by atoms with Crippen molar-refractivity contribution >= 4 is 22.3 Å². The lowest BCUT2D eigenvalue weighted by atomic mass is 9.88. The second kappa shape index (κ2) is 17.1. The minimum absolute atomic E-state index is 0.785. The third-order valence-corrected chi connectivity index (χ3v) is 10.2. The van der Waals surface area contributed by atoms with Gasteiger partial charge in [-0.3, -0.25) is 0 Å². The summed E-state index contributed by atoms with van der Waals surface area (Å²) in [6.45, 7) is 6.04. The number of rotatable bonds is 13. The largest absolute Gasteiger partial charge is 0.321 e. The van der Waals surface area contributed by atoms with Gasteiger partial charge in [0.1, 0.15) is 0 Å². The van der Waals surface area contributed by atoms with Crippen molar-refractivity contribution in [1.82, 2.24) is 19.1 Å². The molecule has 6 aromatic carbocycles. The first kappa shape index (κ1) is 36.2. The molecule has 0 radical (unpaired) electrons. The summed E-state index contributed by atoms with van der Waals surface area (Å²) in [6, 6.07) is 64.5. The average Bonchev–Trinajstić information content (AvgIpc) is 3.87. The van der Waals surface area contributed by atoms with Gasteiger partial charge < -0.3 is 9.13 Å². The van der Waals surface area contributed by atoms with Gasteiger partial charge >= 0.3 is 0 Å². The summed E-state index contributed by atoms with van der Waals surface area (Å²) in [6.07, 6.45) is 6.01. The molecule has 0 N–H and O–H groups in total. The first-order chi connectivity index (χ1) is 27.8. The van der Waals surface area contributed by atoms with E-state index in [4.69, 9.17) is 9.97 Å². The van der Waals surface area contributed by atoms with Gasteiger partial charge in [-0.05, 0) is 57.4 Å². The molecule has 0 amide bonds. The van der Waals surface area contributed by atoms with E-state index in [1.165, 1.54) is 11.1 Å². The van der Waals surface area contributed by atoms with Crippen LogP contribution < -0.4 is 0 Å². The van der Waals surface area contributed by atoms with Gasteiger partial charge in [0, 0.05) is 24.2 Å². The summed E-state index contributed by atoms with van der Waals surface area (Å²) in [5.74, 6) is 1.73. The van der Waals surface area contributed by atoms with E-state index in [0.717, 1.165) is 93.5 Å². The molecule has 274 valence electrons. The number of benzene rings is 6. The van der Waals surface area contributed by atoms with Gasteiger partial charge in [-0.2, -0.15) is 0 Å². The second-order valence-electron chi connectivity index (χ2n) is 13.9. The quantitative estimate of drug-likeness (QED) is 0.111. The molecule has 0 aliphatic carbocycles. The number of aromatic nitrogens is 4. The van der Waals surface area contributed by atoms with Crippen molar-refractivity contribution in [2.24, 2.45) is 0 Å². The Hall–Kier alpha value is -6.78. The van der Waals surface area contributed by atoms with E-state index in [1.54, 1.807) is 0 Å². The number of imidazole rings is 2. The minimum Gasteiger partial charge on any atom is -0.321 e. The van der Waals surface area contributed by atoms with Crippen molar-refractivity contribution in [3.05, 3.63) is 239 Å². The average molecular weight is 727 g/mol. The van der Waals surface area contributed by atoms with E-state index in [2.05, 4.69) is 217 Å². The van der Waals surface area contributed by atoms with Crippen molar-refractivity contribution in [3.8, 4) is 11.6 Å². The van der Waals surface area contributed by atoms with Crippen LogP contribution in [0.25, 0.3) is 33.9 Å². The molecule has 0 aliphatic rings. The van der Waals surface area contributed by atoms with E-state index in [9.17, 15) is 0 Å². The van der Waals surface area contributed by atoms with E-state index < -0.39 is 0 Å². The Bertz CT molecular complexity index is 2280. The highest BCUT2D eigenvalue weighted by Crippen LogP contribution is 2.41. The van der Waals surface area contributed by atoms with Gasteiger partial charge in [-0.15, -0.1) is 0 Å². The Morgan fingerprint density at radius 1 is 0.339 bits per heavy atom. The van der Waals surface area contributed by atoms with Crippen LogP contribution >= 0.6 is 0 Å². The van der Waals surface area contributed by atoms with Crippen LogP contribution in [0.1, 0.15) is 71.5 Å². The maximum Gasteiger partial charge on any atom is 0.176 e. The fourth-order valence-electron chi connectivity index (χ4n) is 7.79. The molecule has 4 nitrogen and oxygen atoms in total. The third kappa shape index (κ3) is 7.34. The Labute approximate surface area is 330 Å². The maximum absolute atomic E-state index is 5.30. The van der Waals surface area contributed by atoms with Crippen molar-refractivity contribution < 1.29 is 0 Å². The molecule has 0 unspecified atom stereocenters. The highest BCUT2D eigenvalue weighted by atomic mass is 15.2. The Balaban J connectivity index is 1.42. The molecule has 0 bridgehead atoms. The summed E-state index contributed by atoms with van der Waals surface area (Å²) < 4.78 is 4.79. The van der Waals surface area contributed by atoms with Crippen molar-refractivity contribution in [3.63, 3.8) is 0 Å². The van der Waals surface area contributed by atoms with Crippen LogP contribution in [0.5, 0.6) is 0 Å². The van der Waals surface area contributed by atoms with Gasteiger partial charge in [-0.25, -0.2) is 9.97 Å². The van der Waals surface area contributed by atoms with Gasteiger partial charge in [0.25, 0.3) is 0 Å². The van der Waals surface area contributed by atoms with Crippen molar-refractivity contribution in [2.75, 3.05) is 0 Å². The van der Waals surface area contributed by atoms with Crippen LogP contribution in [0, 0.1) is 0 Å². The van der Waals surface area contributed by atoms with Crippen LogP contribution in [0.3, 0.4) is 0 Å². The topological polar surface area (TPSA) is 35.6 Å². The van der Waals surface area contributed by atoms with Crippen LogP contribution in [-0.2, 0) is 13.1 Å². The first-order valence-corrected chi connectivity index (χ1v) is 19.7.